The van der Waals surface area contributed by atoms with E-state index in [-0.39, 0.29) is 0 Å². The molecule has 2 aromatic carbocycles. The summed E-state index contributed by atoms with van der Waals surface area (Å²) in [4.78, 5) is 13.7. The van der Waals surface area contributed by atoms with E-state index in [0.717, 1.165) is 27.9 Å². The summed E-state index contributed by atoms with van der Waals surface area (Å²) >= 11 is 6.21. The summed E-state index contributed by atoms with van der Waals surface area (Å²) in [5, 5.41) is 0.398. The normalized spacial score (nSPS) is 10.8. The highest BCUT2D eigenvalue weighted by atomic mass is 35.5. The Kier molecular flexibility index (Phi) is 4.04. The van der Waals surface area contributed by atoms with Crippen molar-refractivity contribution >= 4 is 34.2 Å². The van der Waals surface area contributed by atoms with Gasteiger partial charge in [0.25, 0.3) is 0 Å². The van der Waals surface area contributed by atoms with Crippen LogP contribution >= 0.6 is 11.6 Å². The third kappa shape index (κ3) is 3.04. The number of halogens is 1. The lowest BCUT2D eigenvalue weighted by molar-refractivity contribution is 0.947. The van der Waals surface area contributed by atoms with Crippen LogP contribution in [0.4, 0.5) is 5.82 Å². The number of aromatic nitrogens is 3. The topological polar surface area (TPSA) is 43.1 Å². The number of hydrogen-bond acceptors (Lipinski definition) is 3. The highest BCUT2D eigenvalue weighted by Gasteiger charge is 2.12. The zero-order valence-electron chi connectivity index (χ0n) is 13.6. The Bertz CT molecular complexity index is 1010. The van der Waals surface area contributed by atoms with Gasteiger partial charge in [-0.15, -0.1) is 0 Å². The number of benzene rings is 2. The Morgan fingerprint density at radius 1 is 0.960 bits per heavy atom. The lowest BCUT2D eigenvalue weighted by Gasteiger charge is -2.08. The molecule has 4 nitrogen and oxygen atoms in total. The zero-order valence-corrected chi connectivity index (χ0v) is 14.4. The van der Waals surface area contributed by atoms with Gasteiger partial charge in [-0.3, -0.25) is 0 Å². The molecule has 0 fully saturated rings. The van der Waals surface area contributed by atoms with E-state index in [9.17, 15) is 0 Å². The van der Waals surface area contributed by atoms with Crippen molar-refractivity contribution in [1.29, 1.82) is 0 Å². The van der Waals surface area contributed by atoms with E-state index in [2.05, 4.69) is 9.97 Å². The smallest absolute Gasteiger partial charge is 0.182 e. The second-order valence-electron chi connectivity index (χ2n) is 5.68. The molecule has 0 N–H and O–H groups in total. The fourth-order valence-corrected chi connectivity index (χ4v) is 2.94. The minimum Gasteiger partial charge on any atom is -0.334 e. The molecule has 0 aliphatic heterocycles. The van der Waals surface area contributed by atoms with Crippen molar-refractivity contribution in [3.05, 3.63) is 89.3 Å². The van der Waals surface area contributed by atoms with Gasteiger partial charge in [0, 0.05) is 24.2 Å². The molecule has 0 unspecified atom stereocenters. The van der Waals surface area contributed by atoms with Crippen LogP contribution in [0.1, 0.15) is 11.1 Å². The van der Waals surface area contributed by atoms with Gasteiger partial charge in [0.05, 0.1) is 17.6 Å². The molecule has 2 aromatic heterocycles. The number of aryl methyl sites for hydroxylation is 1. The zero-order chi connectivity index (χ0) is 17.2. The highest BCUT2D eigenvalue weighted by molar-refractivity contribution is 6.30. The predicted molar refractivity (Wildman–Crippen MR) is 102 cm³/mol. The summed E-state index contributed by atoms with van der Waals surface area (Å²) in [5.41, 5.74) is 4.50. The fourth-order valence-electron chi connectivity index (χ4n) is 2.75. The molecule has 5 heteroatoms. The van der Waals surface area contributed by atoms with Crippen molar-refractivity contribution in [2.75, 3.05) is 0 Å². The average molecular weight is 347 g/mol. The number of fused-ring (bicyclic) bond motifs is 1. The monoisotopic (exact) mass is 346 g/mol. The van der Waals surface area contributed by atoms with Crippen molar-refractivity contribution in [2.45, 2.75) is 0 Å². The molecule has 0 saturated heterocycles. The molecule has 0 saturated carbocycles. The molecule has 0 amide bonds. The van der Waals surface area contributed by atoms with Crippen molar-refractivity contribution in [2.24, 2.45) is 12.0 Å². The van der Waals surface area contributed by atoms with E-state index in [4.69, 9.17) is 16.6 Å². The van der Waals surface area contributed by atoms with Gasteiger partial charge in [0.15, 0.2) is 5.82 Å². The van der Waals surface area contributed by atoms with E-state index in [1.807, 2.05) is 72.3 Å². The first-order chi connectivity index (χ1) is 12.2. The predicted octanol–water partition coefficient (Wildman–Crippen LogP) is 4.79. The lowest BCUT2D eigenvalue weighted by atomic mass is 10.0. The number of rotatable bonds is 3. The van der Waals surface area contributed by atoms with Crippen molar-refractivity contribution < 1.29 is 0 Å². The lowest BCUT2D eigenvalue weighted by Crippen LogP contribution is -2.03. The van der Waals surface area contributed by atoms with Crippen molar-refractivity contribution in [1.82, 2.24) is 14.5 Å². The third-order valence-electron chi connectivity index (χ3n) is 3.98. The van der Waals surface area contributed by atoms with Gasteiger partial charge >= 0.3 is 0 Å². The second kappa shape index (κ2) is 6.49. The standard InChI is InChI=1S/C20H15ClN4/c1-25-13-22-19-16(25)12-17(21)23-20(19)24-18(14-8-4-2-5-9-14)15-10-6-3-7-11-15/h2-13H,1H3. The largest absolute Gasteiger partial charge is 0.334 e. The number of nitrogens with zero attached hydrogens (tertiary/aromatic N) is 4. The molecule has 25 heavy (non-hydrogen) atoms. The van der Waals surface area contributed by atoms with Crippen molar-refractivity contribution in [3.8, 4) is 0 Å². The van der Waals surface area contributed by atoms with Crippen LogP contribution in [0.25, 0.3) is 11.0 Å². The van der Waals surface area contributed by atoms with Crippen LogP contribution in [0.2, 0.25) is 5.15 Å². The van der Waals surface area contributed by atoms with Crippen molar-refractivity contribution in [3.63, 3.8) is 0 Å². The van der Waals surface area contributed by atoms with Crippen LogP contribution in [0.15, 0.2) is 78.0 Å². The maximum absolute atomic E-state index is 6.21. The summed E-state index contributed by atoms with van der Waals surface area (Å²) in [5.74, 6) is 0.519. The third-order valence-corrected chi connectivity index (χ3v) is 4.17. The molecule has 0 radical (unpaired) electrons. The molecule has 0 aliphatic carbocycles. The van der Waals surface area contributed by atoms with Gasteiger partial charge in [0.1, 0.15) is 10.7 Å². The van der Waals surface area contributed by atoms with Crippen LogP contribution in [0.3, 0.4) is 0 Å². The number of pyridine rings is 1. The van der Waals surface area contributed by atoms with E-state index in [1.165, 1.54) is 0 Å². The Labute approximate surface area is 150 Å². The maximum atomic E-state index is 6.21. The van der Waals surface area contributed by atoms with Gasteiger partial charge in [-0.25, -0.2) is 15.0 Å². The minimum atomic E-state index is 0.398. The molecular formula is C20H15ClN4. The summed E-state index contributed by atoms with van der Waals surface area (Å²) in [7, 11) is 1.93. The molecule has 0 aliphatic rings. The average Bonchev–Trinajstić information content (AvgIpc) is 3.02. The van der Waals surface area contributed by atoms with Crippen LogP contribution in [0.5, 0.6) is 0 Å². The minimum absolute atomic E-state index is 0.398. The van der Waals surface area contributed by atoms with E-state index >= 15 is 0 Å². The Morgan fingerprint density at radius 3 is 2.16 bits per heavy atom. The van der Waals surface area contributed by atoms with Crippen LogP contribution in [-0.4, -0.2) is 20.2 Å². The molecule has 4 aromatic rings. The fraction of sp³-hybridized carbons (Fsp3) is 0.0500. The molecule has 2 heterocycles. The van der Waals surface area contributed by atoms with Crippen LogP contribution < -0.4 is 0 Å². The van der Waals surface area contributed by atoms with Gasteiger partial charge < -0.3 is 4.57 Å². The summed E-state index contributed by atoms with van der Waals surface area (Å²) in [6.45, 7) is 0. The van der Waals surface area contributed by atoms with Gasteiger partial charge in [-0.2, -0.15) is 0 Å². The number of imidazole rings is 1. The van der Waals surface area contributed by atoms with E-state index in [0.29, 0.717) is 11.0 Å². The van der Waals surface area contributed by atoms with Gasteiger partial charge in [-0.05, 0) is 0 Å². The van der Waals surface area contributed by atoms with Crippen LogP contribution in [-0.2, 0) is 7.05 Å². The Morgan fingerprint density at radius 2 is 1.56 bits per heavy atom. The maximum Gasteiger partial charge on any atom is 0.182 e. The second-order valence-corrected chi connectivity index (χ2v) is 6.07. The van der Waals surface area contributed by atoms with E-state index < -0.39 is 0 Å². The van der Waals surface area contributed by atoms with Gasteiger partial charge in [-0.1, -0.05) is 72.3 Å². The first kappa shape index (κ1) is 15.5. The number of aliphatic imine (C=N–C) groups is 1. The van der Waals surface area contributed by atoms with Gasteiger partial charge in [0.2, 0.25) is 0 Å². The Hall–Kier alpha value is -2.98. The summed E-state index contributed by atoms with van der Waals surface area (Å²) in [6, 6.07) is 21.9. The quantitative estimate of drug-likeness (QED) is 0.395. The number of hydrogen-bond donors (Lipinski definition) is 0. The van der Waals surface area contributed by atoms with E-state index in [1.54, 1.807) is 12.4 Å². The molecular weight excluding hydrogens is 332 g/mol. The molecule has 0 atom stereocenters. The molecule has 122 valence electrons. The SMILES string of the molecule is Cn1cnc2c(N=C(c3ccccc3)c3ccccc3)nc(Cl)cc21. The first-order valence-electron chi connectivity index (χ1n) is 7.89. The first-order valence-corrected chi connectivity index (χ1v) is 8.27. The van der Waals surface area contributed by atoms with Crippen LogP contribution in [0, 0.1) is 0 Å². The summed E-state index contributed by atoms with van der Waals surface area (Å²) in [6.07, 6.45) is 1.74. The Balaban J connectivity index is 1.97. The highest BCUT2D eigenvalue weighted by Crippen LogP contribution is 2.27. The molecule has 4 rings (SSSR count). The summed E-state index contributed by atoms with van der Waals surface area (Å²) < 4.78 is 1.91. The molecule has 0 spiro atoms. The molecule has 0 bridgehead atoms.